The molecule has 0 unspecified atom stereocenters. The highest BCUT2D eigenvalue weighted by Gasteiger charge is 2.14. The molecule has 3 aromatic rings. The Morgan fingerprint density at radius 3 is 2.80 bits per heavy atom. The van der Waals surface area contributed by atoms with Crippen LogP contribution in [0, 0.1) is 13.8 Å². The van der Waals surface area contributed by atoms with Gasteiger partial charge >= 0.3 is 0 Å². The van der Waals surface area contributed by atoms with Gasteiger partial charge < -0.3 is 4.74 Å². The Bertz CT molecular complexity index is 764. The van der Waals surface area contributed by atoms with Crippen LogP contribution in [0.25, 0.3) is 5.65 Å². The molecule has 0 amide bonds. The van der Waals surface area contributed by atoms with Crippen molar-refractivity contribution in [2.75, 3.05) is 0 Å². The van der Waals surface area contributed by atoms with Crippen molar-refractivity contribution in [2.45, 2.75) is 19.7 Å². The van der Waals surface area contributed by atoms with Gasteiger partial charge in [-0.25, -0.2) is 0 Å². The zero-order valence-electron chi connectivity index (χ0n) is 11.4. The average Bonchev–Trinajstić information content (AvgIpc) is 2.81. The minimum absolute atomic E-state index is 0.353. The first-order valence-corrected chi connectivity index (χ1v) is 7.00. The molecule has 0 saturated carbocycles. The van der Waals surface area contributed by atoms with Gasteiger partial charge in [0.25, 0.3) is 0 Å². The smallest absolute Gasteiger partial charge is 0.242 e. The predicted molar refractivity (Wildman–Crippen MR) is 80.7 cm³/mol. The van der Waals surface area contributed by atoms with Gasteiger partial charge in [-0.3, -0.25) is 4.40 Å². The van der Waals surface area contributed by atoms with E-state index in [1.165, 1.54) is 5.56 Å². The van der Waals surface area contributed by atoms with E-state index in [2.05, 4.69) is 18.0 Å². The molecule has 0 atom stereocenters. The summed E-state index contributed by atoms with van der Waals surface area (Å²) in [4.78, 5) is 4.51. The van der Waals surface area contributed by atoms with Gasteiger partial charge in [0.15, 0.2) is 0 Å². The molecule has 0 bridgehead atoms. The fourth-order valence-corrected chi connectivity index (χ4v) is 2.41. The van der Waals surface area contributed by atoms with Gasteiger partial charge in [0, 0.05) is 6.20 Å². The molecule has 2 aromatic heterocycles. The molecule has 1 aromatic carbocycles. The van der Waals surface area contributed by atoms with E-state index in [1.54, 1.807) is 0 Å². The van der Waals surface area contributed by atoms with E-state index in [-0.39, 0.29) is 0 Å². The number of halogens is 1. The molecule has 0 spiro atoms. The maximum absolute atomic E-state index is 6.05. The first-order valence-electron chi connectivity index (χ1n) is 6.46. The van der Waals surface area contributed by atoms with E-state index in [0.717, 1.165) is 22.7 Å². The molecule has 0 aliphatic carbocycles. The quantitative estimate of drug-likeness (QED) is 0.664. The molecule has 0 N–H and O–H groups in total. The van der Waals surface area contributed by atoms with Crippen LogP contribution in [0.5, 0.6) is 11.6 Å². The lowest BCUT2D eigenvalue weighted by Gasteiger charge is -2.09. The number of imidazole rings is 1. The monoisotopic (exact) mass is 286 g/mol. The van der Waals surface area contributed by atoms with Crippen LogP contribution in [0.15, 0.2) is 42.6 Å². The Morgan fingerprint density at radius 1 is 1.15 bits per heavy atom. The number of aryl methyl sites for hydroxylation is 1. The van der Waals surface area contributed by atoms with Crippen LogP contribution in [-0.2, 0) is 5.88 Å². The number of ether oxygens (including phenoxy) is 1. The first kappa shape index (κ1) is 13.0. The van der Waals surface area contributed by atoms with Crippen LogP contribution >= 0.6 is 11.6 Å². The maximum Gasteiger partial charge on any atom is 0.242 e. The van der Waals surface area contributed by atoms with E-state index in [0.29, 0.717) is 11.8 Å². The third-order valence-electron chi connectivity index (χ3n) is 3.48. The Kier molecular flexibility index (Phi) is 3.36. The van der Waals surface area contributed by atoms with Crippen molar-refractivity contribution in [1.29, 1.82) is 0 Å². The second-order valence-corrected chi connectivity index (χ2v) is 4.99. The molecular weight excluding hydrogens is 272 g/mol. The fraction of sp³-hybridized carbons (Fsp3) is 0.188. The lowest BCUT2D eigenvalue weighted by Crippen LogP contribution is -1.94. The van der Waals surface area contributed by atoms with Gasteiger partial charge in [0.05, 0.1) is 5.88 Å². The largest absolute Gasteiger partial charge is 0.437 e. The summed E-state index contributed by atoms with van der Waals surface area (Å²) in [7, 11) is 0. The van der Waals surface area contributed by atoms with E-state index in [4.69, 9.17) is 16.3 Å². The third-order valence-corrected chi connectivity index (χ3v) is 3.73. The van der Waals surface area contributed by atoms with Crippen LogP contribution in [-0.4, -0.2) is 9.38 Å². The van der Waals surface area contributed by atoms with Gasteiger partial charge in [-0.1, -0.05) is 18.2 Å². The lowest BCUT2D eigenvalue weighted by molar-refractivity contribution is 0.457. The van der Waals surface area contributed by atoms with E-state index in [1.807, 2.05) is 47.9 Å². The molecule has 20 heavy (non-hydrogen) atoms. The van der Waals surface area contributed by atoms with E-state index in [9.17, 15) is 0 Å². The Morgan fingerprint density at radius 2 is 2.00 bits per heavy atom. The minimum atomic E-state index is 0.353. The van der Waals surface area contributed by atoms with Crippen molar-refractivity contribution in [3.05, 3.63) is 59.4 Å². The van der Waals surface area contributed by atoms with Gasteiger partial charge in [-0.15, -0.1) is 11.6 Å². The second-order valence-electron chi connectivity index (χ2n) is 4.73. The van der Waals surface area contributed by atoms with Gasteiger partial charge in [0.1, 0.15) is 17.1 Å². The third kappa shape index (κ3) is 2.14. The molecular formula is C16H15ClN2O. The van der Waals surface area contributed by atoms with Crippen molar-refractivity contribution >= 4 is 17.2 Å². The number of aromatic nitrogens is 2. The first-order chi connectivity index (χ1) is 9.70. The summed E-state index contributed by atoms with van der Waals surface area (Å²) in [6, 6.07) is 11.8. The topological polar surface area (TPSA) is 26.5 Å². The summed E-state index contributed by atoms with van der Waals surface area (Å²) in [6.07, 6.45) is 1.94. The van der Waals surface area contributed by atoms with Crippen molar-refractivity contribution in [2.24, 2.45) is 0 Å². The molecule has 102 valence electrons. The standard InChI is InChI=1S/C16H15ClN2O/c1-11-6-5-7-14(12(11)2)20-16-13(10-17)19-9-4-3-8-15(19)18-16/h3-9H,10H2,1-2H3. The van der Waals surface area contributed by atoms with Crippen LogP contribution in [0.1, 0.15) is 16.8 Å². The number of hydrogen-bond acceptors (Lipinski definition) is 2. The second kappa shape index (κ2) is 5.17. The zero-order valence-corrected chi connectivity index (χ0v) is 12.2. The molecule has 3 nitrogen and oxygen atoms in total. The van der Waals surface area contributed by atoms with Crippen molar-refractivity contribution in [3.63, 3.8) is 0 Å². The van der Waals surface area contributed by atoms with Crippen molar-refractivity contribution in [3.8, 4) is 11.6 Å². The van der Waals surface area contributed by atoms with Crippen molar-refractivity contribution < 1.29 is 4.74 Å². The molecule has 0 aliphatic rings. The number of pyridine rings is 1. The number of fused-ring (bicyclic) bond motifs is 1. The summed E-state index contributed by atoms with van der Waals surface area (Å²) in [5.74, 6) is 1.74. The van der Waals surface area contributed by atoms with E-state index < -0.39 is 0 Å². The molecule has 0 radical (unpaired) electrons. The predicted octanol–water partition coefficient (Wildman–Crippen LogP) is 4.48. The number of rotatable bonds is 3. The highest BCUT2D eigenvalue weighted by molar-refractivity contribution is 6.17. The summed E-state index contributed by atoms with van der Waals surface area (Å²) in [6.45, 7) is 4.11. The SMILES string of the molecule is Cc1cccc(Oc2nc3ccccn3c2CCl)c1C. The van der Waals surface area contributed by atoms with Crippen LogP contribution < -0.4 is 4.74 Å². The molecule has 4 heteroatoms. The normalized spacial score (nSPS) is 10.9. The zero-order chi connectivity index (χ0) is 14.1. The number of nitrogens with zero attached hydrogens (tertiary/aromatic N) is 2. The number of benzene rings is 1. The average molecular weight is 287 g/mol. The highest BCUT2D eigenvalue weighted by Crippen LogP contribution is 2.30. The van der Waals surface area contributed by atoms with E-state index >= 15 is 0 Å². The van der Waals surface area contributed by atoms with Crippen LogP contribution in [0.2, 0.25) is 0 Å². The fourth-order valence-electron chi connectivity index (χ4n) is 2.17. The summed E-state index contributed by atoms with van der Waals surface area (Å²) >= 11 is 6.05. The van der Waals surface area contributed by atoms with Crippen LogP contribution in [0.3, 0.4) is 0 Å². The summed E-state index contributed by atoms with van der Waals surface area (Å²) < 4.78 is 7.93. The molecule has 0 saturated heterocycles. The van der Waals surface area contributed by atoms with Gasteiger partial charge in [-0.05, 0) is 43.2 Å². The van der Waals surface area contributed by atoms with Gasteiger partial charge in [-0.2, -0.15) is 4.98 Å². The Labute approximate surface area is 122 Å². The maximum atomic E-state index is 6.05. The molecule has 0 fully saturated rings. The van der Waals surface area contributed by atoms with Crippen LogP contribution in [0.4, 0.5) is 0 Å². The van der Waals surface area contributed by atoms with Crippen molar-refractivity contribution in [1.82, 2.24) is 9.38 Å². The Balaban J connectivity index is 2.08. The lowest BCUT2D eigenvalue weighted by atomic mass is 10.1. The summed E-state index contributed by atoms with van der Waals surface area (Å²) in [5, 5.41) is 0. The molecule has 0 aliphatic heterocycles. The number of hydrogen-bond donors (Lipinski definition) is 0. The Hall–Kier alpha value is -2.00. The molecule has 3 rings (SSSR count). The minimum Gasteiger partial charge on any atom is -0.437 e. The molecule has 2 heterocycles. The highest BCUT2D eigenvalue weighted by atomic mass is 35.5. The van der Waals surface area contributed by atoms with Gasteiger partial charge in [0.2, 0.25) is 5.88 Å². The summed E-state index contributed by atoms with van der Waals surface area (Å²) in [5.41, 5.74) is 4.01. The number of alkyl halides is 1.